The Kier molecular flexibility index (Phi) is 6.09. The molecule has 110 valence electrons. The molecule has 1 aromatic carbocycles. The molecule has 0 aliphatic carbocycles. The van der Waals surface area contributed by atoms with Gasteiger partial charge in [0.05, 0.1) is 13.2 Å². The van der Waals surface area contributed by atoms with Gasteiger partial charge in [-0.25, -0.2) is 0 Å². The summed E-state index contributed by atoms with van der Waals surface area (Å²) in [6.07, 6.45) is 2.65. The van der Waals surface area contributed by atoms with Crippen molar-refractivity contribution in [1.82, 2.24) is 5.32 Å². The van der Waals surface area contributed by atoms with E-state index in [0.29, 0.717) is 6.61 Å². The maximum atomic E-state index is 5.45. The molecule has 0 aromatic heterocycles. The third-order valence-electron chi connectivity index (χ3n) is 3.51. The van der Waals surface area contributed by atoms with Gasteiger partial charge in [0.15, 0.2) is 0 Å². The van der Waals surface area contributed by atoms with E-state index in [9.17, 15) is 0 Å². The highest BCUT2D eigenvalue weighted by Gasteiger charge is 2.11. The number of benzene rings is 1. The fourth-order valence-electron chi connectivity index (χ4n) is 2.42. The van der Waals surface area contributed by atoms with Crippen LogP contribution in [0.1, 0.15) is 25.3 Å². The van der Waals surface area contributed by atoms with Gasteiger partial charge in [-0.05, 0) is 37.5 Å². The second-order valence-corrected chi connectivity index (χ2v) is 5.55. The highest BCUT2D eigenvalue weighted by molar-refractivity contribution is 5.48. The number of nitrogens with zero attached hydrogens (tertiary/aromatic N) is 1. The van der Waals surface area contributed by atoms with Crippen LogP contribution < -0.4 is 10.2 Å². The number of hydrogen-bond donors (Lipinski definition) is 1. The van der Waals surface area contributed by atoms with Gasteiger partial charge in [-0.3, -0.25) is 0 Å². The smallest absolute Gasteiger partial charge is 0.0672 e. The van der Waals surface area contributed by atoms with Gasteiger partial charge in [0.25, 0.3) is 0 Å². The SMILES string of the molecule is C=C(C)COCCNCc1ccc(N2CCCC2)cc1. The summed E-state index contributed by atoms with van der Waals surface area (Å²) in [6, 6.07) is 8.91. The summed E-state index contributed by atoms with van der Waals surface area (Å²) < 4.78 is 5.45. The van der Waals surface area contributed by atoms with Gasteiger partial charge in [0.1, 0.15) is 0 Å². The third-order valence-corrected chi connectivity index (χ3v) is 3.51. The molecule has 1 saturated heterocycles. The second-order valence-electron chi connectivity index (χ2n) is 5.55. The third kappa shape index (κ3) is 4.99. The fourth-order valence-corrected chi connectivity index (χ4v) is 2.42. The molecule has 2 rings (SSSR count). The largest absolute Gasteiger partial charge is 0.376 e. The summed E-state index contributed by atoms with van der Waals surface area (Å²) in [4.78, 5) is 2.46. The number of nitrogens with one attached hydrogen (secondary N) is 1. The Labute approximate surface area is 122 Å². The first-order chi connectivity index (χ1) is 9.75. The van der Waals surface area contributed by atoms with Crippen molar-refractivity contribution in [2.75, 3.05) is 37.7 Å². The molecule has 0 radical (unpaired) electrons. The quantitative estimate of drug-likeness (QED) is 0.582. The molecule has 0 amide bonds. The van der Waals surface area contributed by atoms with Crippen molar-refractivity contribution in [3.8, 4) is 0 Å². The van der Waals surface area contributed by atoms with Crippen molar-refractivity contribution >= 4 is 5.69 Å². The van der Waals surface area contributed by atoms with E-state index in [4.69, 9.17) is 4.74 Å². The van der Waals surface area contributed by atoms with Gasteiger partial charge in [-0.15, -0.1) is 0 Å². The Hall–Kier alpha value is -1.32. The van der Waals surface area contributed by atoms with Crippen LogP contribution >= 0.6 is 0 Å². The summed E-state index contributed by atoms with van der Waals surface area (Å²) >= 11 is 0. The van der Waals surface area contributed by atoms with Crippen LogP contribution in [0.25, 0.3) is 0 Å². The Balaban J connectivity index is 1.64. The summed E-state index contributed by atoms with van der Waals surface area (Å²) in [6.45, 7) is 11.4. The molecule has 3 nitrogen and oxygen atoms in total. The first kappa shape index (κ1) is 15.1. The molecular formula is C17H26N2O. The zero-order valence-corrected chi connectivity index (χ0v) is 12.5. The fraction of sp³-hybridized carbons (Fsp3) is 0.529. The van der Waals surface area contributed by atoms with E-state index < -0.39 is 0 Å². The van der Waals surface area contributed by atoms with Crippen molar-refractivity contribution in [1.29, 1.82) is 0 Å². The van der Waals surface area contributed by atoms with Crippen LogP contribution in [0.5, 0.6) is 0 Å². The van der Waals surface area contributed by atoms with Crippen LogP contribution in [0.2, 0.25) is 0 Å². The Morgan fingerprint density at radius 2 is 1.95 bits per heavy atom. The average molecular weight is 274 g/mol. The van der Waals surface area contributed by atoms with E-state index in [1.54, 1.807) is 0 Å². The lowest BCUT2D eigenvalue weighted by atomic mass is 10.2. The lowest BCUT2D eigenvalue weighted by Crippen LogP contribution is -2.20. The number of hydrogen-bond acceptors (Lipinski definition) is 3. The predicted molar refractivity (Wildman–Crippen MR) is 85.2 cm³/mol. The minimum absolute atomic E-state index is 0.659. The van der Waals surface area contributed by atoms with Gasteiger partial charge >= 0.3 is 0 Å². The van der Waals surface area contributed by atoms with E-state index in [1.807, 2.05) is 6.92 Å². The first-order valence-corrected chi connectivity index (χ1v) is 7.52. The lowest BCUT2D eigenvalue weighted by Gasteiger charge is -2.17. The van der Waals surface area contributed by atoms with Crippen LogP contribution in [0.4, 0.5) is 5.69 Å². The summed E-state index contributed by atoms with van der Waals surface area (Å²) in [5, 5.41) is 3.40. The highest BCUT2D eigenvalue weighted by Crippen LogP contribution is 2.20. The van der Waals surface area contributed by atoms with Gasteiger partial charge in [-0.2, -0.15) is 0 Å². The summed E-state index contributed by atoms with van der Waals surface area (Å²) in [7, 11) is 0. The van der Waals surface area contributed by atoms with Crippen LogP contribution in [0.3, 0.4) is 0 Å². The normalized spacial score (nSPS) is 14.8. The topological polar surface area (TPSA) is 24.5 Å². The summed E-state index contributed by atoms with van der Waals surface area (Å²) in [5.74, 6) is 0. The van der Waals surface area contributed by atoms with Crippen molar-refractivity contribution < 1.29 is 4.74 Å². The molecule has 1 aliphatic heterocycles. The van der Waals surface area contributed by atoms with E-state index in [0.717, 1.165) is 25.3 Å². The van der Waals surface area contributed by atoms with E-state index >= 15 is 0 Å². The minimum Gasteiger partial charge on any atom is -0.376 e. The van der Waals surface area contributed by atoms with Crippen molar-refractivity contribution in [2.45, 2.75) is 26.3 Å². The minimum atomic E-state index is 0.659. The molecule has 1 heterocycles. The van der Waals surface area contributed by atoms with Crippen molar-refractivity contribution in [3.63, 3.8) is 0 Å². The second kappa shape index (κ2) is 8.08. The van der Waals surface area contributed by atoms with E-state index in [1.165, 1.54) is 37.2 Å². The van der Waals surface area contributed by atoms with Crippen LogP contribution in [0, 0.1) is 0 Å². The first-order valence-electron chi connectivity index (χ1n) is 7.52. The molecular weight excluding hydrogens is 248 g/mol. The molecule has 3 heteroatoms. The zero-order chi connectivity index (χ0) is 14.2. The number of rotatable bonds is 8. The zero-order valence-electron chi connectivity index (χ0n) is 12.5. The molecule has 0 saturated carbocycles. The molecule has 0 atom stereocenters. The molecule has 1 fully saturated rings. The van der Waals surface area contributed by atoms with Gasteiger partial charge in [0.2, 0.25) is 0 Å². The molecule has 20 heavy (non-hydrogen) atoms. The standard InChI is InChI=1S/C17H26N2O/c1-15(2)14-20-12-9-18-13-16-5-7-17(8-6-16)19-10-3-4-11-19/h5-8,18H,1,3-4,9-14H2,2H3. The maximum absolute atomic E-state index is 5.45. The highest BCUT2D eigenvalue weighted by atomic mass is 16.5. The van der Waals surface area contributed by atoms with E-state index in [-0.39, 0.29) is 0 Å². The molecule has 0 unspecified atom stereocenters. The van der Waals surface area contributed by atoms with Gasteiger partial charge < -0.3 is 15.0 Å². The average Bonchev–Trinajstić information content (AvgIpc) is 2.97. The van der Waals surface area contributed by atoms with Gasteiger partial charge in [0, 0.05) is 31.9 Å². The monoisotopic (exact) mass is 274 g/mol. The van der Waals surface area contributed by atoms with Crippen LogP contribution in [-0.4, -0.2) is 32.8 Å². The number of ether oxygens (including phenoxy) is 1. The van der Waals surface area contributed by atoms with Gasteiger partial charge in [-0.1, -0.05) is 24.3 Å². The molecule has 0 spiro atoms. The molecule has 1 N–H and O–H groups in total. The molecule has 0 bridgehead atoms. The predicted octanol–water partition coefficient (Wildman–Crippen LogP) is 2.97. The van der Waals surface area contributed by atoms with Crippen molar-refractivity contribution in [2.24, 2.45) is 0 Å². The van der Waals surface area contributed by atoms with Crippen LogP contribution in [0.15, 0.2) is 36.4 Å². The molecule has 1 aromatic rings. The van der Waals surface area contributed by atoms with E-state index in [2.05, 4.69) is 41.1 Å². The Morgan fingerprint density at radius 1 is 1.25 bits per heavy atom. The molecule has 1 aliphatic rings. The van der Waals surface area contributed by atoms with Crippen molar-refractivity contribution in [3.05, 3.63) is 42.0 Å². The number of anilines is 1. The van der Waals surface area contributed by atoms with Crippen LogP contribution in [-0.2, 0) is 11.3 Å². The maximum Gasteiger partial charge on any atom is 0.0672 e. The Morgan fingerprint density at radius 3 is 2.60 bits per heavy atom. The summed E-state index contributed by atoms with van der Waals surface area (Å²) in [5.41, 5.74) is 3.76. The lowest BCUT2D eigenvalue weighted by molar-refractivity contribution is 0.158. The Bertz CT molecular complexity index is 408.